The predicted octanol–water partition coefficient (Wildman–Crippen LogP) is 12.5. The van der Waals surface area contributed by atoms with Crippen LogP contribution in [0, 0.1) is 25.7 Å². The number of hydrogen-bond donors (Lipinski definition) is 2. The minimum Gasteiger partial charge on any atom is -0.506 e. The van der Waals surface area contributed by atoms with Crippen LogP contribution >= 0.6 is 0 Å². The van der Waals surface area contributed by atoms with E-state index in [9.17, 15) is 10.2 Å². The summed E-state index contributed by atoms with van der Waals surface area (Å²) in [4.78, 5) is 17.9. The van der Waals surface area contributed by atoms with Crippen LogP contribution in [-0.2, 0) is 17.1 Å². The summed E-state index contributed by atoms with van der Waals surface area (Å²) in [5.74, 6) is 3.48. The second kappa shape index (κ2) is 22.7. The van der Waals surface area contributed by atoms with Crippen LogP contribution in [0.5, 0.6) is 23.0 Å². The van der Waals surface area contributed by atoms with E-state index in [2.05, 4.69) is 61.9 Å². The van der Waals surface area contributed by atoms with Crippen molar-refractivity contribution in [2.45, 2.75) is 92.9 Å². The topological polar surface area (TPSA) is 110 Å². The van der Waals surface area contributed by atoms with Gasteiger partial charge in [0.2, 0.25) is 0 Å². The molecule has 0 aliphatic carbocycles. The minimum absolute atomic E-state index is 0. The van der Waals surface area contributed by atoms with Gasteiger partial charge in [0.05, 0.1) is 13.2 Å². The van der Waals surface area contributed by atoms with Gasteiger partial charge in [-0.3, -0.25) is 19.9 Å². The van der Waals surface area contributed by atoms with Crippen LogP contribution in [-0.4, -0.2) is 43.4 Å². The summed E-state index contributed by atoms with van der Waals surface area (Å²) in [5, 5.41) is 22.6. The number of phenolic OH excluding ortho intramolecular Hbond substituents is 2. The summed E-state index contributed by atoms with van der Waals surface area (Å²) in [6, 6.07) is 26.6. The number of phenols is 2. The summed E-state index contributed by atoms with van der Waals surface area (Å²) in [6.07, 6.45) is 13.0. The molecule has 0 aliphatic rings. The molecule has 2 unspecified atom stereocenters. The van der Waals surface area contributed by atoms with Gasteiger partial charge < -0.3 is 19.7 Å². The van der Waals surface area contributed by atoms with E-state index in [1.54, 1.807) is 36.7 Å². The fourth-order valence-electron chi connectivity index (χ4n) is 6.78. The first-order valence-electron chi connectivity index (χ1n) is 20.3. The Hall–Kier alpha value is -4.98. The minimum atomic E-state index is 0. The van der Waals surface area contributed by atoms with E-state index < -0.39 is 0 Å². The number of nitrogens with zero attached hydrogens (tertiary/aromatic N) is 4. The van der Waals surface area contributed by atoms with Crippen molar-refractivity contribution in [2.24, 2.45) is 11.8 Å². The number of pyridine rings is 4. The first-order valence-corrected chi connectivity index (χ1v) is 20.3. The van der Waals surface area contributed by atoms with Gasteiger partial charge in [-0.05, 0) is 74.9 Å². The number of aromatic nitrogens is 4. The van der Waals surface area contributed by atoms with Gasteiger partial charge in [0.15, 0.2) is 0 Å². The molecule has 0 bridgehead atoms. The van der Waals surface area contributed by atoms with Gasteiger partial charge in [0, 0.05) is 74.5 Å². The molecule has 3 aromatic carbocycles. The van der Waals surface area contributed by atoms with Crippen LogP contribution in [0.3, 0.4) is 0 Å². The molecule has 4 heterocycles. The van der Waals surface area contributed by atoms with Gasteiger partial charge >= 0.3 is 0 Å². The second-order valence-corrected chi connectivity index (χ2v) is 14.5. The average Bonchev–Trinajstić information content (AvgIpc) is 3.21. The second-order valence-electron chi connectivity index (χ2n) is 14.5. The molecule has 305 valence electrons. The largest absolute Gasteiger partial charge is 0.506 e. The molecule has 8 nitrogen and oxygen atoms in total. The van der Waals surface area contributed by atoms with Crippen LogP contribution in [0.2, 0.25) is 0 Å². The number of aryl methyl sites for hydroxylation is 2. The Morgan fingerprint density at radius 3 is 1.32 bits per heavy atom. The zero-order chi connectivity index (χ0) is 39.9. The molecule has 0 amide bonds. The quantitative estimate of drug-likeness (QED) is 0.0824. The van der Waals surface area contributed by atoms with Crippen molar-refractivity contribution in [3.8, 4) is 23.0 Å². The van der Waals surface area contributed by atoms with Crippen molar-refractivity contribution in [1.29, 1.82) is 0 Å². The van der Waals surface area contributed by atoms with E-state index in [1.807, 2.05) is 50.2 Å². The fraction of sp³-hybridized carbons (Fsp3) is 0.375. The fourth-order valence-corrected chi connectivity index (χ4v) is 6.78. The summed E-state index contributed by atoms with van der Waals surface area (Å²) in [6.45, 7) is 14.6. The van der Waals surface area contributed by atoms with E-state index in [4.69, 9.17) is 19.4 Å². The third-order valence-electron chi connectivity index (χ3n) is 10.2. The molecule has 4 aromatic heterocycles. The summed E-state index contributed by atoms with van der Waals surface area (Å²) >= 11 is 0. The molecule has 0 saturated carbocycles. The SMILES string of the molecule is CCCCC(CC)COc1cc(C)nc2c1ccc1c(OCC(CC)CCCC)cc(C)nc12.Oc1cccc2cccnc12.Oc1cccc2cccnc12.[Cu]. The van der Waals surface area contributed by atoms with Crippen molar-refractivity contribution in [2.75, 3.05) is 13.2 Å². The number of rotatable bonds is 14. The van der Waals surface area contributed by atoms with Gasteiger partial charge in [-0.15, -0.1) is 0 Å². The van der Waals surface area contributed by atoms with Crippen molar-refractivity contribution >= 4 is 43.6 Å². The van der Waals surface area contributed by atoms with E-state index in [1.165, 1.54) is 38.5 Å². The van der Waals surface area contributed by atoms with Gasteiger partial charge in [0.25, 0.3) is 0 Å². The van der Waals surface area contributed by atoms with Crippen LogP contribution < -0.4 is 9.47 Å². The third-order valence-corrected chi connectivity index (χ3v) is 10.2. The summed E-state index contributed by atoms with van der Waals surface area (Å²) in [7, 11) is 0. The number of benzene rings is 3. The molecule has 2 N–H and O–H groups in total. The van der Waals surface area contributed by atoms with Crippen LogP contribution in [0.15, 0.2) is 97.3 Å². The standard InChI is InChI=1S/C30H44N2O2.2C9H7NO.Cu/c1-7-11-13-23(9-3)19-33-27-17-21(5)31-29-25(27)15-16-26-28(18-22(6)32-30(26)29)34-20-24(10-4)14-12-8-2;2*11-8-5-1-3-7-4-2-6-10-9(7)8;/h15-18,23-24H,7-14,19-20H2,1-6H3;2*1-6,11H;. The van der Waals surface area contributed by atoms with Gasteiger partial charge in [-0.1, -0.05) is 103 Å². The molecule has 1 radical (unpaired) electrons. The number of aromatic hydroxyl groups is 2. The van der Waals surface area contributed by atoms with Crippen LogP contribution in [0.1, 0.15) is 90.4 Å². The van der Waals surface area contributed by atoms with E-state index in [0.29, 0.717) is 22.9 Å². The maximum absolute atomic E-state index is 9.31. The van der Waals surface area contributed by atoms with E-state index >= 15 is 0 Å². The first-order chi connectivity index (χ1) is 27.3. The molecule has 0 aliphatic heterocycles. The average molecular weight is 819 g/mol. The summed E-state index contributed by atoms with van der Waals surface area (Å²) < 4.78 is 12.8. The van der Waals surface area contributed by atoms with Crippen LogP contribution in [0.25, 0.3) is 43.6 Å². The molecule has 7 aromatic rings. The molecule has 7 rings (SSSR count). The van der Waals surface area contributed by atoms with Crippen molar-refractivity contribution in [3.63, 3.8) is 0 Å². The number of ether oxygens (including phenoxy) is 2. The molecule has 9 heteroatoms. The first kappa shape index (κ1) is 44.7. The molecular weight excluding hydrogens is 760 g/mol. The molecule has 57 heavy (non-hydrogen) atoms. The Kier molecular flexibility index (Phi) is 17.8. The Morgan fingerprint density at radius 2 is 0.947 bits per heavy atom. The molecule has 0 spiro atoms. The van der Waals surface area contributed by atoms with Crippen molar-refractivity contribution < 1.29 is 36.8 Å². The molecular formula is C48H58CuN4O4. The number of para-hydroxylation sites is 2. The smallest absolute Gasteiger partial charge is 0.141 e. The van der Waals surface area contributed by atoms with Crippen molar-refractivity contribution in [3.05, 3.63) is 109 Å². The van der Waals surface area contributed by atoms with Crippen molar-refractivity contribution in [1.82, 2.24) is 19.9 Å². The maximum atomic E-state index is 9.31. The Bertz CT molecular complexity index is 2150. The van der Waals surface area contributed by atoms with Gasteiger partial charge in [-0.25, -0.2) is 0 Å². The van der Waals surface area contributed by atoms with Gasteiger partial charge in [0.1, 0.15) is 45.1 Å². The Labute approximate surface area is 348 Å². The Morgan fingerprint density at radius 1 is 0.544 bits per heavy atom. The van der Waals surface area contributed by atoms with E-state index in [0.717, 1.165) is 81.5 Å². The number of fused-ring (bicyclic) bond motifs is 5. The normalized spacial score (nSPS) is 11.9. The maximum Gasteiger partial charge on any atom is 0.141 e. The zero-order valence-corrected chi connectivity index (χ0v) is 35.2. The predicted molar refractivity (Wildman–Crippen MR) is 231 cm³/mol. The van der Waals surface area contributed by atoms with Crippen LogP contribution in [0.4, 0.5) is 0 Å². The number of hydrogen-bond acceptors (Lipinski definition) is 8. The molecule has 0 fully saturated rings. The van der Waals surface area contributed by atoms with E-state index in [-0.39, 0.29) is 28.6 Å². The monoisotopic (exact) mass is 817 g/mol. The van der Waals surface area contributed by atoms with Gasteiger partial charge in [-0.2, -0.15) is 0 Å². The number of unbranched alkanes of at least 4 members (excludes halogenated alkanes) is 2. The molecule has 2 atom stereocenters. The summed E-state index contributed by atoms with van der Waals surface area (Å²) in [5.41, 5.74) is 5.03. The Balaban J connectivity index is 0.000000250. The third kappa shape index (κ3) is 12.3. The molecule has 0 saturated heterocycles. The zero-order valence-electron chi connectivity index (χ0n) is 34.3.